The number of aliphatic hydroxyl groups excluding tert-OH is 3. The standard InChI is InChI=1S/C64H78N8O20/c1-85-41-21-17-39(18-22-41)64-51(38-12-6-4-7-13-38)50(53(77)63(64,84)52-45(86-2)32-42(33-46(52)92-64)90-57-56(87-3)88-36-47(91-57)44(74)34-73)55(79)66-29-30-69-61(83)89-35-37-15-19-40(20-16-37)70-54(78)43(14-10-28-68-60(65)82)71-59(81)62(25-11-26-62)58(80)67-27-8-5-9-31-72-48(75)23-24-49(72)76/h4,6-7,12-13,15-24,32-33,43-44,47,50-51,53,56-57,73-74,77,84H,5,8-11,14,25-31,34-36H2,1-3H3,(H,66,79)(H,67,80)(H,69,83)(H,70,78)(H,71,81)(H3,65,68,82)/t43-,44+,47+,50+,51+,53+,56+,57+,63-,64-/m0/s1. The van der Waals surface area contributed by atoms with Crippen LogP contribution < -0.4 is 56.6 Å². The number of nitrogens with one attached hydrogen (secondary N) is 6. The van der Waals surface area contributed by atoms with Crippen molar-refractivity contribution >= 4 is 53.3 Å². The Labute approximate surface area is 529 Å². The molecule has 9 rings (SSSR count). The van der Waals surface area contributed by atoms with Crippen LogP contribution in [-0.4, -0.2) is 177 Å². The third-order valence-corrected chi connectivity index (χ3v) is 17.3. The van der Waals surface area contributed by atoms with Gasteiger partial charge in [0.25, 0.3) is 18.1 Å². The van der Waals surface area contributed by atoms with Gasteiger partial charge in [-0.1, -0.05) is 61.0 Å². The Morgan fingerprint density at radius 3 is 2.14 bits per heavy atom. The SMILES string of the molecule is COc1ccc([C@@]23Oc4cc(O[C@@H]5O[C@@H]([C@H](O)CO)CO[C@H]5OC)cc(OC)c4[C@]2(O)[C@H](O)[C@H](C(=O)NCCNC(=O)OCc2ccc(NC(=O)[C@H](CCCNC(N)=O)NC(=O)C4(C(=O)NCCCCCN5C(=O)C=CC5=O)CCC4)cc2)[C@H]3c2ccccc2)cc1. The van der Waals surface area contributed by atoms with Crippen molar-refractivity contribution in [3.05, 3.63) is 125 Å². The van der Waals surface area contributed by atoms with E-state index < -0.39 is 108 Å². The van der Waals surface area contributed by atoms with Gasteiger partial charge in [-0.15, -0.1) is 0 Å². The molecule has 0 unspecified atom stereocenters. The molecule has 4 aromatic carbocycles. The number of primary amides is 1. The Bertz CT molecular complexity index is 3320. The molecule has 0 radical (unpaired) electrons. The van der Waals surface area contributed by atoms with Gasteiger partial charge in [0.2, 0.25) is 29.9 Å². The van der Waals surface area contributed by atoms with E-state index in [0.717, 1.165) is 4.90 Å². The Kier molecular flexibility index (Phi) is 22.0. The number of carbonyl (C=O) groups is 8. The molecule has 3 fully saturated rings. The molecule has 2 aliphatic carbocycles. The third kappa shape index (κ3) is 14.2. The summed E-state index contributed by atoms with van der Waals surface area (Å²) >= 11 is 0. The first-order valence-electron chi connectivity index (χ1n) is 30.3. The molecule has 2 saturated carbocycles. The average molecular weight is 1280 g/mol. The molecule has 10 atom stereocenters. The molecule has 0 aromatic heterocycles. The highest BCUT2D eigenvalue weighted by molar-refractivity contribution is 6.13. The molecular weight excluding hydrogens is 1200 g/mol. The number of rotatable bonds is 30. The number of alkyl carbamates (subject to hydrolysis) is 1. The summed E-state index contributed by atoms with van der Waals surface area (Å²) in [5, 5.41) is 62.6. The van der Waals surface area contributed by atoms with E-state index in [1.165, 1.54) is 45.6 Å². The van der Waals surface area contributed by atoms with Gasteiger partial charge in [0.15, 0.2) is 11.2 Å². The summed E-state index contributed by atoms with van der Waals surface area (Å²) in [6, 6.07) is 22.8. The number of hydrogen-bond acceptors (Lipinski definition) is 20. The summed E-state index contributed by atoms with van der Waals surface area (Å²) in [7, 11) is 4.20. The lowest BCUT2D eigenvalue weighted by molar-refractivity contribution is -0.324. The molecule has 3 aliphatic heterocycles. The summed E-state index contributed by atoms with van der Waals surface area (Å²) in [4.78, 5) is 105. The number of nitrogens with two attached hydrogens (primary N) is 1. The van der Waals surface area contributed by atoms with E-state index >= 15 is 0 Å². The molecule has 1 saturated heterocycles. The second-order valence-electron chi connectivity index (χ2n) is 22.9. The summed E-state index contributed by atoms with van der Waals surface area (Å²) in [6.07, 6.45) is -1.73. The quantitative estimate of drug-likeness (QED) is 0.0201. The van der Waals surface area contributed by atoms with E-state index in [2.05, 4.69) is 31.9 Å². The number of fused-ring (bicyclic) bond motifs is 3. The van der Waals surface area contributed by atoms with Crippen LogP contribution >= 0.6 is 0 Å². The third-order valence-electron chi connectivity index (χ3n) is 17.3. The first-order chi connectivity index (χ1) is 44.3. The van der Waals surface area contributed by atoms with Crippen LogP contribution in [-0.2, 0) is 65.5 Å². The molecular formula is C64H78N8O20. The van der Waals surface area contributed by atoms with Crippen molar-refractivity contribution in [2.45, 2.75) is 112 Å². The number of nitrogens with zero attached hydrogens (tertiary/aromatic N) is 1. The van der Waals surface area contributed by atoms with Gasteiger partial charge in [0.1, 0.15) is 59.4 Å². The summed E-state index contributed by atoms with van der Waals surface area (Å²) in [6.45, 7) is -0.576. The zero-order valence-corrected chi connectivity index (χ0v) is 51.1. The predicted octanol–water partition coefficient (Wildman–Crippen LogP) is 1.70. The molecule has 3 heterocycles. The van der Waals surface area contributed by atoms with Crippen molar-refractivity contribution < 1.29 is 96.7 Å². The molecule has 12 N–H and O–H groups in total. The number of ether oxygens (including phenoxy) is 8. The highest BCUT2D eigenvalue weighted by Crippen LogP contribution is 2.70. The van der Waals surface area contributed by atoms with Crippen molar-refractivity contribution in [1.82, 2.24) is 31.5 Å². The molecule has 0 bridgehead atoms. The molecule has 4 aromatic rings. The first kappa shape index (κ1) is 67.5. The van der Waals surface area contributed by atoms with Crippen LogP contribution in [0.1, 0.15) is 79.5 Å². The fourth-order valence-corrected chi connectivity index (χ4v) is 12.4. The van der Waals surface area contributed by atoms with Crippen LogP contribution in [0.4, 0.5) is 15.3 Å². The van der Waals surface area contributed by atoms with Crippen molar-refractivity contribution in [2.75, 3.05) is 72.6 Å². The Balaban J connectivity index is 0.814. The number of imide groups is 1. The maximum Gasteiger partial charge on any atom is 0.407 e. The lowest BCUT2D eigenvalue weighted by atomic mass is 9.67. The normalized spacial score (nSPS) is 23.9. The number of methoxy groups -OCH3 is 3. The Morgan fingerprint density at radius 2 is 1.49 bits per heavy atom. The van der Waals surface area contributed by atoms with Crippen molar-refractivity contribution in [3.63, 3.8) is 0 Å². The molecule has 5 aliphatic rings. The van der Waals surface area contributed by atoms with Gasteiger partial charge in [0.05, 0.1) is 38.9 Å². The van der Waals surface area contributed by atoms with Gasteiger partial charge >= 0.3 is 12.1 Å². The summed E-state index contributed by atoms with van der Waals surface area (Å²) in [5.74, 6) is -5.08. The number of hydrogen-bond donors (Lipinski definition) is 11. The minimum atomic E-state index is -2.43. The average Bonchev–Trinajstić information content (AvgIpc) is 1.49. The zero-order chi connectivity index (χ0) is 65.7. The van der Waals surface area contributed by atoms with Crippen LogP contribution in [0, 0.1) is 11.3 Å². The van der Waals surface area contributed by atoms with Gasteiger partial charge in [0, 0.05) is 75.7 Å². The van der Waals surface area contributed by atoms with E-state index in [1.807, 2.05) is 0 Å². The number of urea groups is 1. The van der Waals surface area contributed by atoms with E-state index in [9.17, 15) is 58.8 Å². The number of carbonyl (C=O) groups excluding carboxylic acids is 8. The largest absolute Gasteiger partial charge is 0.497 e. The Morgan fingerprint density at radius 1 is 0.783 bits per heavy atom. The maximum absolute atomic E-state index is 14.8. The Hall–Kier alpha value is -8.90. The first-order valence-corrected chi connectivity index (χ1v) is 30.3. The van der Waals surface area contributed by atoms with Crippen LogP contribution in [0.2, 0.25) is 0 Å². The lowest BCUT2D eigenvalue weighted by Crippen LogP contribution is -2.58. The van der Waals surface area contributed by atoms with Crippen LogP contribution in [0.25, 0.3) is 0 Å². The van der Waals surface area contributed by atoms with Gasteiger partial charge in [-0.2, -0.15) is 0 Å². The number of unbranched alkanes of at least 4 members (excludes halogenated alkanes) is 2. The molecule has 0 spiro atoms. The summed E-state index contributed by atoms with van der Waals surface area (Å²) in [5.41, 5.74) is 1.18. The van der Waals surface area contributed by atoms with E-state index in [0.29, 0.717) is 53.8 Å². The summed E-state index contributed by atoms with van der Waals surface area (Å²) < 4.78 is 47.2. The van der Waals surface area contributed by atoms with E-state index in [1.54, 1.807) is 78.9 Å². The second kappa shape index (κ2) is 30.0. The molecule has 494 valence electrons. The van der Waals surface area contributed by atoms with Crippen molar-refractivity contribution in [2.24, 2.45) is 17.1 Å². The fraction of sp³-hybridized carbons (Fsp3) is 0.469. The number of aliphatic hydroxyl groups is 4. The monoisotopic (exact) mass is 1280 g/mol. The molecule has 28 nitrogen and oxygen atoms in total. The zero-order valence-electron chi connectivity index (χ0n) is 51.1. The smallest absolute Gasteiger partial charge is 0.407 e. The fourth-order valence-electron chi connectivity index (χ4n) is 12.4. The number of benzene rings is 4. The van der Waals surface area contributed by atoms with Gasteiger partial charge in [-0.25, -0.2) is 9.59 Å². The highest BCUT2D eigenvalue weighted by atomic mass is 16.8. The van der Waals surface area contributed by atoms with Gasteiger partial charge in [-0.3, -0.25) is 33.7 Å². The van der Waals surface area contributed by atoms with Crippen LogP contribution in [0.3, 0.4) is 0 Å². The van der Waals surface area contributed by atoms with Gasteiger partial charge < -0.3 is 96.0 Å². The maximum atomic E-state index is 14.8. The molecule has 9 amide bonds. The molecule has 92 heavy (non-hydrogen) atoms. The topological polar surface area (TPSA) is 393 Å². The van der Waals surface area contributed by atoms with Crippen molar-refractivity contribution in [3.8, 4) is 23.0 Å². The number of amides is 9. The minimum Gasteiger partial charge on any atom is -0.497 e. The van der Waals surface area contributed by atoms with Crippen molar-refractivity contribution in [1.29, 1.82) is 0 Å². The van der Waals surface area contributed by atoms with Gasteiger partial charge in [-0.05, 0) is 85.9 Å². The van der Waals surface area contributed by atoms with E-state index in [-0.39, 0.29) is 106 Å². The molecule has 28 heteroatoms. The van der Waals surface area contributed by atoms with Crippen LogP contribution in [0.15, 0.2) is 103 Å². The predicted molar refractivity (Wildman–Crippen MR) is 324 cm³/mol. The van der Waals surface area contributed by atoms with E-state index in [4.69, 9.17) is 43.6 Å². The second-order valence-corrected chi connectivity index (χ2v) is 22.9. The highest BCUT2D eigenvalue weighted by Gasteiger charge is 2.78. The minimum absolute atomic E-state index is 0.00171. The number of anilines is 1. The lowest BCUT2D eigenvalue weighted by Gasteiger charge is -2.40. The van der Waals surface area contributed by atoms with Crippen LogP contribution in [0.5, 0.6) is 23.0 Å².